The van der Waals surface area contributed by atoms with E-state index < -0.39 is 0 Å². The van der Waals surface area contributed by atoms with Crippen molar-refractivity contribution < 1.29 is 0 Å². The lowest BCUT2D eigenvalue weighted by Gasteiger charge is -2.29. The second-order valence-electron chi connectivity index (χ2n) is 4.71. The van der Waals surface area contributed by atoms with Gasteiger partial charge in [0.15, 0.2) is 0 Å². The van der Waals surface area contributed by atoms with E-state index in [1.807, 2.05) is 0 Å². The minimum Gasteiger partial charge on any atom is -0.375 e. The van der Waals surface area contributed by atoms with Gasteiger partial charge in [-0.1, -0.05) is 45.7 Å². The van der Waals surface area contributed by atoms with Crippen LogP contribution < -0.4 is 0 Å². The number of allylic oxidation sites excluding steroid dienone is 2. The van der Waals surface area contributed by atoms with E-state index in [0.717, 1.165) is 0 Å². The molecule has 0 fully saturated rings. The normalized spacial score (nSPS) is 12.8. The van der Waals surface area contributed by atoms with Crippen molar-refractivity contribution in [3.05, 3.63) is 10.9 Å². The van der Waals surface area contributed by atoms with Gasteiger partial charge < -0.3 is 4.90 Å². The molecular formula is C14H31NSi. The lowest BCUT2D eigenvalue weighted by molar-refractivity contribution is 0.329. The summed E-state index contributed by atoms with van der Waals surface area (Å²) in [6, 6.07) is 0. The Bertz CT molecular complexity index is 193. The number of hydrogen-bond donors (Lipinski definition) is 0. The van der Waals surface area contributed by atoms with Crippen LogP contribution in [0.2, 0.25) is 0 Å². The van der Waals surface area contributed by atoms with E-state index in [1.54, 1.807) is 10.9 Å². The SMILES string of the molecule is CCCC([SiH3])=C(CCC)N(CCC)CCC. The first kappa shape index (κ1) is 15.8. The molecule has 0 heterocycles. The fraction of sp³-hybridized carbons (Fsp3) is 0.857. The number of rotatable bonds is 9. The molecule has 0 aliphatic heterocycles. The van der Waals surface area contributed by atoms with Gasteiger partial charge in [-0.15, -0.1) is 0 Å². The Morgan fingerprint density at radius 1 is 0.812 bits per heavy atom. The first-order chi connectivity index (χ1) is 7.71. The van der Waals surface area contributed by atoms with Crippen LogP contribution in [0.3, 0.4) is 0 Å². The average molecular weight is 241 g/mol. The minimum atomic E-state index is 1.25. The summed E-state index contributed by atoms with van der Waals surface area (Å²) in [5, 5.41) is 1.76. The lowest BCUT2D eigenvalue weighted by Crippen LogP contribution is -2.26. The molecule has 0 saturated carbocycles. The van der Waals surface area contributed by atoms with Crippen molar-refractivity contribution in [2.75, 3.05) is 13.1 Å². The first-order valence-electron chi connectivity index (χ1n) is 7.14. The molecule has 2 heteroatoms. The standard InChI is InChI=1S/C14H31NSi/c1-5-9-13(14(16)10-6-2)15(11-7-3)12-8-4/h5-12H2,1-4,16H3. The average Bonchev–Trinajstić information content (AvgIpc) is 2.26. The number of nitrogens with zero attached hydrogens (tertiary/aromatic N) is 1. The highest BCUT2D eigenvalue weighted by Crippen LogP contribution is 2.19. The molecule has 0 aromatic rings. The van der Waals surface area contributed by atoms with Gasteiger partial charge in [0, 0.05) is 29.0 Å². The van der Waals surface area contributed by atoms with Crippen LogP contribution >= 0.6 is 0 Å². The van der Waals surface area contributed by atoms with Crippen LogP contribution in [0.25, 0.3) is 0 Å². The molecule has 0 bridgehead atoms. The minimum absolute atomic E-state index is 1.25. The molecule has 0 rings (SSSR count). The summed E-state index contributed by atoms with van der Waals surface area (Å²) in [5.74, 6) is 0. The molecule has 0 aliphatic carbocycles. The van der Waals surface area contributed by atoms with Gasteiger partial charge >= 0.3 is 0 Å². The monoisotopic (exact) mass is 241 g/mol. The highest BCUT2D eigenvalue weighted by molar-refractivity contribution is 6.21. The maximum Gasteiger partial charge on any atom is 0.0355 e. The summed E-state index contributed by atoms with van der Waals surface area (Å²) in [6.07, 6.45) is 7.75. The Balaban J connectivity index is 4.73. The van der Waals surface area contributed by atoms with Crippen LogP contribution in [0.5, 0.6) is 0 Å². The topological polar surface area (TPSA) is 3.24 Å². The molecular weight excluding hydrogens is 210 g/mol. The quantitative estimate of drug-likeness (QED) is 0.560. The maximum atomic E-state index is 2.65. The van der Waals surface area contributed by atoms with Crippen LogP contribution in [-0.2, 0) is 0 Å². The summed E-state index contributed by atoms with van der Waals surface area (Å²) >= 11 is 0. The first-order valence-corrected chi connectivity index (χ1v) is 8.14. The van der Waals surface area contributed by atoms with Crippen molar-refractivity contribution >= 4 is 10.2 Å². The second-order valence-corrected chi connectivity index (χ2v) is 5.92. The van der Waals surface area contributed by atoms with Crippen LogP contribution in [-0.4, -0.2) is 28.2 Å². The molecule has 96 valence electrons. The van der Waals surface area contributed by atoms with E-state index in [9.17, 15) is 0 Å². The molecule has 0 saturated heterocycles. The second kappa shape index (κ2) is 9.95. The van der Waals surface area contributed by atoms with Gasteiger partial charge in [0.05, 0.1) is 0 Å². The van der Waals surface area contributed by atoms with Crippen LogP contribution in [0, 0.1) is 0 Å². The Labute approximate surface area is 106 Å². The molecule has 0 atom stereocenters. The zero-order valence-corrected chi connectivity index (χ0v) is 14.1. The molecule has 0 aliphatic rings. The Morgan fingerprint density at radius 3 is 1.69 bits per heavy atom. The van der Waals surface area contributed by atoms with E-state index in [-0.39, 0.29) is 0 Å². The smallest absolute Gasteiger partial charge is 0.0355 e. The van der Waals surface area contributed by atoms with Gasteiger partial charge in [0.25, 0.3) is 0 Å². The van der Waals surface area contributed by atoms with Gasteiger partial charge in [-0.3, -0.25) is 0 Å². The third kappa shape index (κ3) is 5.74. The Hall–Kier alpha value is -0.243. The molecule has 16 heavy (non-hydrogen) atoms. The molecule has 0 unspecified atom stereocenters. The Morgan fingerprint density at radius 2 is 1.31 bits per heavy atom. The van der Waals surface area contributed by atoms with Crippen molar-refractivity contribution in [1.82, 2.24) is 4.90 Å². The van der Waals surface area contributed by atoms with Gasteiger partial charge in [-0.25, -0.2) is 0 Å². The van der Waals surface area contributed by atoms with E-state index >= 15 is 0 Å². The maximum absolute atomic E-state index is 2.65. The number of hydrogen-bond acceptors (Lipinski definition) is 1. The fourth-order valence-electron chi connectivity index (χ4n) is 2.32. The Kier molecular flexibility index (Phi) is 9.79. The fourth-order valence-corrected chi connectivity index (χ4v) is 3.39. The van der Waals surface area contributed by atoms with E-state index in [4.69, 9.17) is 0 Å². The lowest BCUT2D eigenvalue weighted by atomic mass is 10.1. The predicted octanol–water partition coefficient (Wildman–Crippen LogP) is 3.29. The van der Waals surface area contributed by atoms with E-state index in [1.165, 1.54) is 61.9 Å². The van der Waals surface area contributed by atoms with Crippen molar-refractivity contribution in [3.63, 3.8) is 0 Å². The summed E-state index contributed by atoms with van der Waals surface area (Å²) < 4.78 is 0. The van der Waals surface area contributed by atoms with Crippen molar-refractivity contribution in [2.24, 2.45) is 0 Å². The van der Waals surface area contributed by atoms with Crippen molar-refractivity contribution in [2.45, 2.75) is 66.2 Å². The molecule has 1 nitrogen and oxygen atoms in total. The van der Waals surface area contributed by atoms with Gasteiger partial charge in [-0.2, -0.15) is 0 Å². The predicted molar refractivity (Wildman–Crippen MR) is 78.9 cm³/mol. The van der Waals surface area contributed by atoms with E-state index in [2.05, 4.69) is 32.6 Å². The molecule has 0 N–H and O–H groups in total. The summed E-state index contributed by atoms with van der Waals surface area (Å²) in [5.41, 5.74) is 1.69. The molecule has 0 aromatic carbocycles. The highest BCUT2D eigenvalue weighted by atomic mass is 28.1. The van der Waals surface area contributed by atoms with Crippen LogP contribution in [0.1, 0.15) is 66.2 Å². The van der Waals surface area contributed by atoms with Crippen LogP contribution in [0.4, 0.5) is 0 Å². The van der Waals surface area contributed by atoms with Crippen molar-refractivity contribution in [1.29, 1.82) is 0 Å². The van der Waals surface area contributed by atoms with Gasteiger partial charge in [0.2, 0.25) is 0 Å². The van der Waals surface area contributed by atoms with Crippen molar-refractivity contribution in [3.8, 4) is 0 Å². The van der Waals surface area contributed by atoms with Crippen LogP contribution in [0.15, 0.2) is 10.9 Å². The largest absolute Gasteiger partial charge is 0.375 e. The van der Waals surface area contributed by atoms with E-state index in [0.29, 0.717) is 0 Å². The summed E-state index contributed by atoms with van der Waals surface area (Å²) in [6.45, 7) is 11.7. The molecule has 0 aromatic heterocycles. The molecule has 0 amide bonds. The third-order valence-corrected chi connectivity index (χ3v) is 4.05. The zero-order valence-electron chi connectivity index (χ0n) is 12.1. The zero-order chi connectivity index (χ0) is 12.4. The molecule has 0 spiro atoms. The molecule has 0 radical (unpaired) electrons. The summed E-state index contributed by atoms with van der Waals surface area (Å²) in [7, 11) is 1.25. The summed E-state index contributed by atoms with van der Waals surface area (Å²) in [4.78, 5) is 2.65. The van der Waals surface area contributed by atoms with Gasteiger partial charge in [-0.05, 0) is 25.7 Å². The highest BCUT2D eigenvalue weighted by Gasteiger charge is 2.09. The van der Waals surface area contributed by atoms with Gasteiger partial charge in [0.1, 0.15) is 0 Å². The third-order valence-electron chi connectivity index (χ3n) is 2.97.